The highest BCUT2D eigenvalue weighted by Gasteiger charge is 2.27. The van der Waals surface area contributed by atoms with E-state index in [9.17, 15) is 0 Å². The average molecular weight is 274 g/mol. The molecule has 100 valence electrons. The van der Waals surface area contributed by atoms with E-state index in [1.807, 2.05) is 19.1 Å². The molecule has 0 aliphatic carbocycles. The van der Waals surface area contributed by atoms with E-state index in [-0.39, 0.29) is 0 Å². The van der Waals surface area contributed by atoms with Crippen LogP contribution in [-0.4, -0.2) is 11.6 Å². The van der Waals surface area contributed by atoms with Crippen molar-refractivity contribution in [2.45, 2.75) is 26.4 Å². The lowest BCUT2D eigenvalue weighted by molar-refractivity contribution is 0.187. The molecule has 4 heteroatoms. The van der Waals surface area contributed by atoms with Crippen molar-refractivity contribution >= 4 is 11.3 Å². The molecule has 1 aromatic heterocycles. The second-order valence-electron chi connectivity index (χ2n) is 5.04. The van der Waals surface area contributed by atoms with E-state index in [0.29, 0.717) is 12.0 Å². The fourth-order valence-electron chi connectivity index (χ4n) is 2.51. The Kier molecular flexibility index (Phi) is 3.53. The first-order valence-corrected chi connectivity index (χ1v) is 7.48. The summed E-state index contributed by atoms with van der Waals surface area (Å²) in [5.74, 6) is 1.47. The molecule has 0 radical (unpaired) electrons. The summed E-state index contributed by atoms with van der Waals surface area (Å²) in [6.45, 7) is 5.85. The van der Waals surface area contributed by atoms with E-state index in [2.05, 4.69) is 34.7 Å². The second kappa shape index (κ2) is 5.31. The lowest BCUT2D eigenvalue weighted by atomic mass is 9.92. The van der Waals surface area contributed by atoms with Gasteiger partial charge in [0.05, 0.1) is 17.3 Å². The molecular weight excluding hydrogens is 256 g/mol. The van der Waals surface area contributed by atoms with Gasteiger partial charge in [0.2, 0.25) is 0 Å². The number of fused-ring (bicyclic) bond motifs is 1. The van der Waals surface area contributed by atoms with Crippen LogP contribution in [0.5, 0.6) is 5.75 Å². The van der Waals surface area contributed by atoms with Gasteiger partial charge in [-0.05, 0) is 13.0 Å². The first kappa shape index (κ1) is 12.6. The van der Waals surface area contributed by atoms with Gasteiger partial charge >= 0.3 is 0 Å². The molecule has 1 N–H and O–H groups in total. The third kappa shape index (κ3) is 2.65. The van der Waals surface area contributed by atoms with E-state index in [0.717, 1.165) is 29.6 Å². The molecule has 0 saturated carbocycles. The summed E-state index contributed by atoms with van der Waals surface area (Å²) < 4.78 is 5.77. The molecule has 0 spiro atoms. The quantitative estimate of drug-likeness (QED) is 0.932. The molecule has 1 aliphatic heterocycles. The Hall–Kier alpha value is -1.39. The molecular formula is C15H18N2OS. The number of aryl methyl sites for hydroxylation is 1. The van der Waals surface area contributed by atoms with Crippen LogP contribution in [0.4, 0.5) is 0 Å². The van der Waals surface area contributed by atoms with Crippen molar-refractivity contribution in [3.05, 3.63) is 45.9 Å². The van der Waals surface area contributed by atoms with Crippen molar-refractivity contribution < 1.29 is 4.74 Å². The molecule has 0 fully saturated rings. The van der Waals surface area contributed by atoms with Crippen LogP contribution in [0.15, 0.2) is 29.6 Å². The predicted molar refractivity (Wildman–Crippen MR) is 77.5 cm³/mol. The molecule has 0 saturated heterocycles. The Morgan fingerprint density at radius 3 is 3.05 bits per heavy atom. The Balaban J connectivity index is 1.76. The van der Waals surface area contributed by atoms with Crippen LogP contribution in [0.1, 0.15) is 29.2 Å². The number of ether oxygens (including phenoxy) is 1. The second-order valence-corrected chi connectivity index (χ2v) is 6.10. The maximum atomic E-state index is 5.77. The molecule has 1 aromatic carbocycles. The fourth-order valence-corrected chi connectivity index (χ4v) is 3.12. The third-order valence-electron chi connectivity index (χ3n) is 3.49. The lowest BCUT2D eigenvalue weighted by Crippen LogP contribution is -2.33. The molecule has 2 aromatic rings. The molecule has 1 aliphatic rings. The minimum atomic E-state index is 0.340. The van der Waals surface area contributed by atoms with Crippen molar-refractivity contribution in [2.75, 3.05) is 6.61 Å². The maximum absolute atomic E-state index is 5.77. The van der Waals surface area contributed by atoms with Crippen LogP contribution in [0, 0.1) is 12.8 Å². The minimum absolute atomic E-state index is 0.340. The van der Waals surface area contributed by atoms with Gasteiger partial charge in [0.1, 0.15) is 5.75 Å². The number of thiazole rings is 1. The molecule has 3 nitrogen and oxygen atoms in total. The average Bonchev–Trinajstić information content (AvgIpc) is 2.83. The van der Waals surface area contributed by atoms with E-state index < -0.39 is 0 Å². The number of aromatic nitrogens is 1. The van der Waals surface area contributed by atoms with Gasteiger partial charge in [-0.3, -0.25) is 0 Å². The number of hydrogen-bond donors (Lipinski definition) is 1. The Morgan fingerprint density at radius 2 is 2.26 bits per heavy atom. The molecule has 3 rings (SSSR count). The highest BCUT2D eigenvalue weighted by molar-refractivity contribution is 7.09. The van der Waals surface area contributed by atoms with Crippen molar-refractivity contribution in [3.63, 3.8) is 0 Å². The van der Waals surface area contributed by atoms with Crippen molar-refractivity contribution in [3.8, 4) is 5.75 Å². The summed E-state index contributed by atoms with van der Waals surface area (Å²) in [6.07, 6.45) is 0. The summed E-state index contributed by atoms with van der Waals surface area (Å²) >= 11 is 1.70. The minimum Gasteiger partial charge on any atom is -0.493 e. The zero-order valence-corrected chi connectivity index (χ0v) is 12.0. The van der Waals surface area contributed by atoms with Crippen LogP contribution >= 0.6 is 11.3 Å². The SMILES string of the molecule is Cc1nc(CNC2c3ccccc3OCC2C)cs1. The van der Waals surface area contributed by atoms with Crippen LogP contribution < -0.4 is 10.1 Å². The van der Waals surface area contributed by atoms with Crippen molar-refractivity contribution in [1.82, 2.24) is 10.3 Å². The normalized spacial score (nSPS) is 21.8. The van der Waals surface area contributed by atoms with Crippen LogP contribution in [0.3, 0.4) is 0 Å². The van der Waals surface area contributed by atoms with Gasteiger partial charge in [-0.15, -0.1) is 11.3 Å². The van der Waals surface area contributed by atoms with Crippen LogP contribution in [-0.2, 0) is 6.54 Å². The van der Waals surface area contributed by atoms with Gasteiger partial charge in [0.25, 0.3) is 0 Å². The monoisotopic (exact) mass is 274 g/mol. The number of nitrogens with zero attached hydrogens (tertiary/aromatic N) is 1. The Labute approximate surface area is 117 Å². The number of hydrogen-bond acceptors (Lipinski definition) is 4. The number of nitrogens with one attached hydrogen (secondary N) is 1. The number of para-hydroxylation sites is 1. The van der Waals surface area contributed by atoms with Gasteiger partial charge in [-0.2, -0.15) is 0 Å². The summed E-state index contributed by atoms with van der Waals surface area (Å²) in [4.78, 5) is 4.50. The summed E-state index contributed by atoms with van der Waals surface area (Å²) in [5, 5.41) is 6.87. The fraction of sp³-hybridized carbons (Fsp3) is 0.400. The highest BCUT2D eigenvalue weighted by atomic mass is 32.1. The number of benzene rings is 1. The van der Waals surface area contributed by atoms with Gasteiger partial charge < -0.3 is 10.1 Å². The predicted octanol–water partition coefficient (Wildman–Crippen LogP) is 3.31. The van der Waals surface area contributed by atoms with Gasteiger partial charge in [0.15, 0.2) is 0 Å². The number of rotatable bonds is 3. The maximum Gasteiger partial charge on any atom is 0.124 e. The van der Waals surface area contributed by atoms with Crippen molar-refractivity contribution in [1.29, 1.82) is 0 Å². The molecule has 2 atom stereocenters. The summed E-state index contributed by atoms with van der Waals surface area (Å²) in [5.41, 5.74) is 2.38. The Morgan fingerprint density at radius 1 is 1.42 bits per heavy atom. The largest absolute Gasteiger partial charge is 0.493 e. The first-order chi connectivity index (χ1) is 9.24. The smallest absolute Gasteiger partial charge is 0.124 e. The molecule has 19 heavy (non-hydrogen) atoms. The van der Waals surface area contributed by atoms with Crippen LogP contribution in [0.2, 0.25) is 0 Å². The molecule has 0 bridgehead atoms. The lowest BCUT2D eigenvalue weighted by Gasteiger charge is -2.32. The first-order valence-electron chi connectivity index (χ1n) is 6.60. The highest BCUT2D eigenvalue weighted by Crippen LogP contribution is 2.35. The molecule has 2 unspecified atom stereocenters. The molecule has 0 amide bonds. The summed E-state index contributed by atoms with van der Waals surface area (Å²) in [7, 11) is 0. The van der Waals surface area contributed by atoms with E-state index >= 15 is 0 Å². The van der Waals surface area contributed by atoms with Crippen molar-refractivity contribution in [2.24, 2.45) is 5.92 Å². The summed E-state index contributed by atoms with van der Waals surface area (Å²) in [6, 6.07) is 8.63. The standard InChI is InChI=1S/C15H18N2OS/c1-10-8-18-14-6-4-3-5-13(14)15(10)16-7-12-9-19-11(2)17-12/h3-6,9-10,15-16H,7-8H2,1-2H3. The zero-order chi connectivity index (χ0) is 13.2. The third-order valence-corrected chi connectivity index (χ3v) is 4.32. The van der Waals surface area contributed by atoms with E-state index in [1.165, 1.54) is 5.56 Å². The van der Waals surface area contributed by atoms with Gasteiger partial charge in [-0.25, -0.2) is 4.98 Å². The molecule has 2 heterocycles. The van der Waals surface area contributed by atoms with Gasteiger partial charge in [-0.1, -0.05) is 25.1 Å². The van der Waals surface area contributed by atoms with E-state index in [1.54, 1.807) is 11.3 Å². The topological polar surface area (TPSA) is 34.2 Å². The zero-order valence-electron chi connectivity index (χ0n) is 11.2. The Bertz CT molecular complexity index is 567. The van der Waals surface area contributed by atoms with E-state index in [4.69, 9.17) is 4.74 Å². The van der Waals surface area contributed by atoms with Gasteiger partial charge in [0, 0.05) is 29.4 Å². The van der Waals surface area contributed by atoms with Crippen LogP contribution in [0.25, 0.3) is 0 Å².